The summed E-state index contributed by atoms with van der Waals surface area (Å²) in [6.45, 7) is 0. The third-order valence-corrected chi connectivity index (χ3v) is 4.83. The fraction of sp³-hybridized carbons (Fsp3) is 0.500. The number of carboxylic acid groups (broad SMARTS) is 1. The highest BCUT2D eigenvalue weighted by Crippen LogP contribution is 2.33. The molecule has 0 heterocycles. The van der Waals surface area contributed by atoms with Gasteiger partial charge < -0.3 is 15.2 Å². The molecule has 1 amide bonds. The summed E-state index contributed by atoms with van der Waals surface area (Å²) < 4.78 is 6.00. The number of methoxy groups -OCH3 is 1. The van der Waals surface area contributed by atoms with Crippen LogP contribution in [0.3, 0.4) is 0 Å². The fourth-order valence-electron chi connectivity index (χ4n) is 3.01. The molecule has 120 valence electrons. The van der Waals surface area contributed by atoms with Gasteiger partial charge in [-0.1, -0.05) is 28.8 Å². The van der Waals surface area contributed by atoms with Gasteiger partial charge in [0, 0.05) is 4.47 Å². The van der Waals surface area contributed by atoms with E-state index in [0.717, 1.165) is 35.7 Å². The number of hydrogen-bond acceptors (Lipinski definition) is 3. The lowest BCUT2D eigenvalue weighted by atomic mass is 9.92. The molecule has 0 spiro atoms. The first kappa shape index (κ1) is 16.8. The molecule has 5 nitrogen and oxygen atoms in total. The molecular formula is C16H20BrNO4. The maximum absolute atomic E-state index is 12.3. The molecule has 2 N–H and O–H groups in total. The smallest absolute Gasteiger partial charge is 0.305 e. The third-order valence-electron chi connectivity index (χ3n) is 4.06. The van der Waals surface area contributed by atoms with Crippen LogP contribution in [0.5, 0.6) is 5.75 Å². The van der Waals surface area contributed by atoms with Crippen molar-refractivity contribution >= 4 is 27.8 Å². The first-order valence-corrected chi connectivity index (χ1v) is 8.09. The van der Waals surface area contributed by atoms with E-state index in [1.165, 1.54) is 0 Å². The molecule has 0 atom stereocenters. The molecule has 1 aliphatic carbocycles. The van der Waals surface area contributed by atoms with Gasteiger partial charge in [-0.3, -0.25) is 9.59 Å². The second-order valence-electron chi connectivity index (χ2n) is 5.74. The minimum Gasteiger partial charge on any atom is -0.497 e. The van der Waals surface area contributed by atoms with E-state index in [2.05, 4.69) is 21.2 Å². The highest BCUT2D eigenvalue weighted by molar-refractivity contribution is 9.10. The minimum atomic E-state index is -0.871. The Bertz CT molecular complexity index is 567. The van der Waals surface area contributed by atoms with Crippen LogP contribution in [0.15, 0.2) is 22.7 Å². The number of nitrogens with one attached hydrogen (secondary N) is 1. The van der Waals surface area contributed by atoms with Gasteiger partial charge in [0.1, 0.15) is 5.75 Å². The number of halogens is 1. The molecule has 1 aliphatic rings. The Kier molecular flexibility index (Phi) is 5.45. The van der Waals surface area contributed by atoms with E-state index < -0.39 is 11.5 Å². The number of ether oxygens (including phenoxy) is 1. The SMILES string of the molecule is COc1ccc(Br)c(CC(=O)NC2(CC(=O)O)CCCC2)c1. The van der Waals surface area contributed by atoms with Crippen LogP contribution in [0, 0.1) is 0 Å². The van der Waals surface area contributed by atoms with Crippen LogP contribution < -0.4 is 10.1 Å². The monoisotopic (exact) mass is 369 g/mol. The summed E-state index contributed by atoms with van der Waals surface area (Å²) in [5, 5.41) is 12.0. The molecule has 0 unspecified atom stereocenters. The lowest BCUT2D eigenvalue weighted by Crippen LogP contribution is -2.48. The highest BCUT2D eigenvalue weighted by atomic mass is 79.9. The number of aliphatic carboxylic acids is 1. The Morgan fingerprint density at radius 1 is 1.36 bits per heavy atom. The number of carboxylic acids is 1. The first-order chi connectivity index (χ1) is 10.4. The molecule has 0 aromatic heterocycles. The van der Waals surface area contributed by atoms with Crippen molar-refractivity contribution in [3.8, 4) is 5.75 Å². The van der Waals surface area contributed by atoms with Crippen LogP contribution in [0.25, 0.3) is 0 Å². The lowest BCUT2D eigenvalue weighted by Gasteiger charge is -2.28. The maximum Gasteiger partial charge on any atom is 0.305 e. The van der Waals surface area contributed by atoms with Gasteiger partial charge in [-0.15, -0.1) is 0 Å². The largest absolute Gasteiger partial charge is 0.497 e. The zero-order valence-corrected chi connectivity index (χ0v) is 14.1. The molecule has 0 saturated heterocycles. The Morgan fingerprint density at radius 2 is 2.05 bits per heavy atom. The summed E-state index contributed by atoms with van der Waals surface area (Å²) in [6.07, 6.45) is 3.54. The molecule has 1 aromatic carbocycles. The number of hydrogen-bond donors (Lipinski definition) is 2. The van der Waals surface area contributed by atoms with Gasteiger partial charge in [-0.05, 0) is 36.6 Å². The van der Waals surface area contributed by atoms with Crippen molar-refractivity contribution in [3.63, 3.8) is 0 Å². The number of rotatable bonds is 6. The van der Waals surface area contributed by atoms with E-state index in [4.69, 9.17) is 9.84 Å². The second kappa shape index (κ2) is 7.13. The summed E-state index contributed by atoms with van der Waals surface area (Å²) >= 11 is 3.42. The van der Waals surface area contributed by atoms with Crippen molar-refractivity contribution in [1.82, 2.24) is 5.32 Å². The normalized spacial score (nSPS) is 16.3. The quantitative estimate of drug-likeness (QED) is 0.808. The first-order valence-electron chi connectivity index (χ1n) is 7.29. The van der Waals surface area contributed by atoms with E-state index in [0.29, 0.717) is 5.75 Å². The molecule has 0 aliphatic heterocycles. The van der Waals surface area contributed by atoms with Gasteiger partial charge in [-0.2, -0.15) is 0 Å². The van der Waals surface area contributed by atoms with Crippen LogP contribution >= 0.6 is 15.9 Å². The average Bonchev–Trinajstić information content (AvgIpc) is 2.88. The Morgan fingerprint density at radius 3 is 2.64 bits per heavy atom. The summed E-state index contributed by atoms with van der Waals surface area (Å²) in [5.74, 6) is -0.339. The number of benzene rings is 1. The predicted molar refractivity (Wildman–Crippen MR) is 86.0 cm³/mol. The summed E-state index contributed by atoms with van der Waals surface area (Å²) in [5.41, 5.74) is 0.231. The lowest BCUT2D eigenvalue weighted by molar-refractivity contribution is -0.139. The minimum absolute atomic E-state index is 0.0159. The molecule has 2 rings (SSSR count). The second-order valence-corrected chi connectivity index (χ2v) is 6.59. The molecule has 6 heteroatoms. The van der Waals surface area contributed by atoms with Crippen LogP contribution in [-0.4, -0.2) is 29.6 Å². The van der Waals surface area contributed by atoms with Gasteiger partial charge in [-0.25, -0.2) is 0 Å². The van der Waals surface area contributed by atoms with Gasteiger partial charge in [0.25, 0.3) is 0 Å². The standard InChI is InChI=1S/C16H20BrNO4/c1-22-12-4-5-13(17)11(8-12)9-14(19)18-16(10-15(20)21)6-2-3-7-16/h4-5,8H,2-3,6-7,9-10H2,1H3,(H,18,19)(H,20,21). The highest BCUT2D eigenvalue weighted by Gasteiger charge is 2.37. The van der Waals surface area contributed by atoms with Crippen LogP contribution in [-0.2, 0) is 16.0 Å². The molecular weight excluding hydrogens is 350 g/mol. The Hall–Kier alpha value is -1.56. The number of carbonyl (C=O) groups is 2. The predicted octanol–water partition coefficient (Wildman–Crippen LogP) is 2.90. The van der Waals surface area contributed by atoms with E-state index in [9.17, 15) is 9.59 Å². The van der Waals surface area contributed by atoms with Crippen molar-refractivity contribution in [3.05, 3.63) is 28.2 Å². The zero-order valence-electron chi connectivity index (χ0n) is 12.5. The van der Waals surface area contributed by atoms with Crippen molar-refractivity contribution in [2.45, 2.75) is 44.1 Å². The third kappa shape index (κ3) is 4.22. The number of amides is 1. The average molecular weight is 370 g/mol. The van der Waals surface area contributed by atoms with Gasteiger partial charge >= 0.3 is 5.97 Å². The maximum atomic E-state index is 12.3. The van der Waals surface area contributed by atoms with Crippen molar-refractivity contribution in [1.29, 1.82) is 0 Å². The van der Waals surface area contributed by atoms with E-state index in [1.807, 2.05) is 18.2 Å². The van der Waals surface area contributed by atoms with Crippen LogP contribution in [0.2, 0.25) is 0 Å². The van der Waals surface area contributed by atoms with Crippen LogP contribution in [0.1, 0.15) is 37.7 Å². The molecule has 0 bridgehead atoms. The topological polar surface area (TPSA) is 75.6 Å². The fourth-order valence-corrected chi connectivity index (χ4v) is 3.40. The Labute approximate surface area is 138 Å². The van der Waals surface area contributed by atoms with Crippen molar-refractivity contribution in [2.75, 3.05) is 7.11 Å². The molecule has 1 aromatic rings. The molecule has 0 radical (unpaired) electrons. The summed E-state index contributed by atoms with van der Waals surface area (Å²) in [4.78, 5) is 23.4. The van der Waals surface area contributed by atoms with E-state index in [-0.39, 0.29) is 18.7 Å². The summed E-state index contributed by atoms with van der Waals surface area (Å²) in [7, 11) is 1.58. The summed E-state index contributed by atoms with van der Waals surface area (Å²) in [6, 6.07) is 5.46. The van der Waals surface area contributed by atoms with Crippen LogP contribution in [0.4, 0.5) is 0 Å². The zero-order chi connectivity index (χ0) is 16.2. The molecule has 1 fully saturated rings. The van der Waals surface area contributed by atoms with Gasteiger partial charge in [0.05, 0.1) is 25.5 Å². The van der Waals surface area contributed by atoms with Gasteiger partial charge in [0.2, 0.25) is 5.91 Å². The van der Waals surface area contributed by atoms with Crippen molar-refractivity contribution < 1.29 is 19.4 Å². The Balaban J connectivity index is 2.07. The van der Waals surface area contributed by atoms with Gasteiger partial charge in [0.15, 0.2) is 0 Å². The van der Waals surface area contributed by atoms with E-state index >= 15 is 0 Å². The van der Waals surface area contributed by atoms with Crippen molar-refractivity contribution in [2.24, 2.45) is 0 Å². The molecule has 1 saturated carbocycles. The van der Waals surface area contributed by atoms with E-state index in [1.54, 1.807) is 7.11 Å². The number of carbonyl (C=O) groups excluding carboxylic acids is 1. The molecule has 22 heavy (non-hydrogen) atoms.